The molecule has 6 heteroatoms. The van der Waals surface area contributed by atoms with Gasteiger partial charge in [-0.3, -0.25) is 4.79 Å². The number of rotatable bonds is 3. The maximum absolute atomic E-state index is 10.7. The molecule has 102 valence electrons. The number of hydrogen-bond donors (Lipinski definition) is 1. The number of nitrogens with zero attached hydrogens (tertiary/aromatic N) is 3. The van der Waals surface area contributed by atoms with E-state index in [0.29, 0.717) is 0 Å². The second kappa shape index (κ2) is 14.0. The van der Waals surface area contributed by atoms with Gasteiger partial charge < -0.3 is 9.84 Å². The average Bonchev–Trinajstić information content (AvgIpc) is 2.44. The van der Waals surface area contributed by atoms with Gasteiger partial charge in [-0.25, -0.2) is 0 Å². The van der Waals surface area contributed by atoms with Crippen LogP contribution in [0.4, 0.5) is 0 Å². The highest BCUT2D eigenvalue weighted by Gasteiger charge is 2.22. The number of ether oxygens (including phenoxy) is 1. The summed E-state index contributed by atoms with van der Waals surface area (Å²) < 4.78 is 4.26. The Balaban J connectivity index is 0. The Morgan fingerprint density at radius 3 is 2.30 bits per heavy atom. The number of azide groups is 1. The van der Waals surface area contributed by atoms with E-state index in [0.717, 1.165) is 7.11 Å². The smallest absolute Gasteiger partial charge is 0.317 e. The summed E-state index contributed by atoms with van der Waals surface area (Å²) in [5, 5.41) is 11.9. The Bertz CT molecular complexity index is 577. The van der Waals surface area contributed by atoms with Gasteiger partial charge in [-0.05, 0) is 54.9 Å². The van der Waals surface area contributed by atoms with Crippen LogP contribution in [-0.4, -0.2) is 30.3 Å². The van der Waals surface area contributed by atoms with Gasteiger partial charge in [-0.2, -0.15) is 0 Å². The zero-order valence-corrected chi connectivity index (χ0v) is 11.3. The second-order valence-electron chi connectivity index (χ2n) is 2.93. The number of methoxy groups -OCH3 is 1. The zero-order chi connectivity index (χ0) is 15.8. The summed E-state index contributed by atoms with van der Waals surface area (Å²) in [5.41, 5.74) is 7.97. The lowest BCUT2D eigenvalue weighted by molar-refractivity contribution is -0.144. The second-order valence-corrected chi connectivity index (χ2v) is 2.93. The summed E-state index contributed by atoms with van der Waals surface area (Å²) in [6, 6.07) is -1.15. The molecule has 0 heterocycles. The van der Waals surface area contributed by atoms with Gasteiger partial charge >= 0.3 is 5.97 Å². The molecule has 1 N–H and O–H groups in total. The molecule has 0 rings (SSSR count). The molecule has 0 spiro atoms. The summed E-state index contributed by atoms with van der Waals surface area (Å²) in [7, 11) is 1.16. The van der Waals surface area contributed by atoms with E-state index in [2.05, 4.69) is 56.2 Å². The third-order valence-corrected chi connectivity index (χ3v) is 1.52. The fourth-order valence-corrected chi connectivity index (χ4v) is 0.709. The molecule has 0 aliphatic heterocycles. The molecule has 2 atom stereocenters. The minimum Gasteiger partial charge on any atom is -0.469 e. The van der Waals surface area contributed by atoms with Gasteiger partial charge in [0.15, 0.2) is 6.04 Å². The number of carbonyl (C=O) groups excluding carboxylic acids is 1. The molecule has 6 nitrogen and oxygen atoms in total. The number of carbonyl (C=O) groups is 1. The standard InChI is InChI=1S/C9H4.C5H9N3O3/c1-3-5-7-9-8-6-4-2;1-3(9)4(7-8-6)5(10)11-2/h1H,2H3;3-4,9H,1-2H3/t;3-,4+/m.1/s1. The first-order valence-electron chi connectivity index (χ1n) is 5.22. The molecular formula is C14H13N3O3. The van der Waals surface area contributed by atoms with Crippen LogP contribution in [0.3, 0.4) is 0 Å². The van der Waals surface area contributed by atoms with Crippen molar-refractivity contribution in [1.82, 2.24) is 0 Å². The van der Waals surface area contributed by atoms with Crippen molar-refractivity contribution in [2.75, 3.05) is 7.11 Å². The van der Waals surface area contributed by atoms with Crippen LogP contribution in [0.25, 0.3) is 10.4 Å². The van der Waals surface area contributed by atoms with E-state index in [4.69, 9.17) is 17.1 Å². The third kappa shape index (κ3) is 11.5. The SMILES string of the molecule is C#CC#CC#CC#CC.COC(=O)[C@@H](N=[N+]=[N-])[C@@H](C)O. The van der Waals surface area contributed by atoms with Crippen molar-refractivity contribution in [2.24, 2.45) is 5.11 Å². The summed E-state index contributed by atoms with van der Waals surface area (Å²) >= 11 is 0. The molecule has 0 unspecified atom stereocenters. The number of hydrogen-bond acceptors (Lipinski definition) is 4. The fraction of sp³-hybridized carbons (Fsp3) is 0.357. The van der Waals surface area contributed by atoms with Crippen molar-refractivity contribution in [3.05, 3.63) is 10.4 Å². The quantitative estimate of drug-likeness (QED) is 0.271. The van der Waals surface area contributed by atoms with E-state index >= 15 is 0 Å². The summed E-state index contributed by atoms with van der Waals surface area (Å²) in [5.74, 6) is 16.2. The van der Waals surface area contributed by atoms with Gasteiger partial charge in [0.25, 0.3) is 0 Å². The lowest BCUT2D eigenvalue weighted by Gasteiger charge is -2.10. The van der Waals surface area contributed by atoms with E-state index < -0.39 is 18.1 Å². The Hall–Kier alpha value is -3.02. The maximum Gasteiger partial charge on any atom is 0.317 e. The summed E-state index contributed by atoms with van der Waals surface area (Å²) in [6.45, 7) is 3.06. The third-order valence-electron chi connectivity index (χ3n) is 1.52. The Kier molecular flexibility index (Phi) is 13.6. The van der Waals surface area contributed by atoms with E-state index in [1.165, 1.54) is 6.92 Å². The first-order valence-corrected chi connectivity index (χ1v) is 5.22. The van der Waals surface area contributed by atoms with Crippen molar-refractivity contribution in [1.29, 1.82) is 0 Å². The lowest BCUT2D eigenvalue weighted by Crippen LogP contribution is -2.30. The van der Waals surface area contributed by atoms with E-state index in [-0.39, 0.29) is 0 Å². The van der Waals surface area contributed by atoms with E-state index in [1.807, 2.05) is 0 Å². The van der Waals surface area contributed by atoms with Crippen molar-refractivity contribution < 1.29 is 14.6 Å². The largest absolute Gasteiger partial charge is 0.469 e. The Labute approximate surface area is 118 Å². The van der Waals surface area contributed by atoms with Crippen molar-refractivity contribution in [3.63, 3.8) is 0 Å². The zero-order valence-electron chi connectivity index (χ0n) is 11.3. The van der Waals surface area contributed by atoms with Crippen molar-refractivity contribution >= 4 is 5.97 Å². The van der Waals surface area contributed by atoms with Crippen LogP contribution in [0.2, 0.25) is 0 Å². The molecule has 0 aromatic heterocycles. The normalized spacial score (nSPS) is 9.55. The molecule has 20 heavy (non-hydrogen) atoms. The lowest BCUT2D eigenvalue weighted by atomic mass is 10.2. The molecular weight excluding hydrogens is 258 g/mol. The van der Waals surface area contributed by atoms with Gasteiger partial charge in [0, 0.05) is 4.91 Å². The predicted molar refractivity (Wildman–Crippen MR) is 74.5 cm³/mol. The Morgan fingerprint density at radius 1 is 1.35 bits per heavy atom. The molecule has 0 aromatic rings. The molecule has 0 amide bonds. The number of aliphatic hydroxyl groups is 1. The molecule has 0 saturated carbocycles. The molecule has 0 saturated heterocycles. The topological polar surface area (TPSA) is 95.3 Å². The summed E-state index contributed by atoms with van der Waals surface area (Å²) in [6.07, 6.45) is 3.79. The molecule has 0 fully saturated rings. The molecule has 0 aliphatic rings. The maximum atomic E-state index is 10.7. The molecule has 0 aromatic carbocycles. The molecule has 0 aliphatic carbocycles. The van der Waals surface area contributed by atoms with Crippen LogP contribution < -0.4 is 0 Å². The van der Waals surface area contributed by atoms with Gasteiger partial charge in [-0.15, -0.1) is 6.42 Å². The average molecular weight is 271 g/mol. The van der Waals surface area contributed by atoms with Crippen LogP contribution in [0.5, 0.6) is 0 Å². The van der Waals surface area contributed by atoms with Gasteiger partial charge in [0.05, 0.1) is 13.2 Å². The number of terminal acetylenes is 1. The van der Waals surface area contributed by atoms with Gasteiger partial charge in [-0.1, -0.05) is 11.0 Å². The monoisotopic (exact) mass is 271 g/mol. The first-order chi connectivity index (χ1) is 9.54. The molecule has 0 radical (unpaired) electrons. The Morgan fingerprint density at radius 2 is 1.90 bits per heavy atom. The minimum absolute atomic E-state index is 0.738. The number of aliphatic hydroxyl groups excluding tert-OH is 1. The highest BCUT2D eigenvalue weighted by atomic mass is 16.5. The van der Waals surface area contributed by atoms with E-state index in [1.54, 1.807) is 6.92 Å². The first kappa shape index (κ1) is 19.3. The fourth-order valence-electron chi connectivity index (χ4n) is 0.709. The van der Waals surface area contributed by atoms with Crippen molar-refractivity contribution in [3.8, 4) is 47.9 Å². The van der Waals surface area contributed by atoms with Crippen LogP contribution in [-0.2, 0) is 9.53 Å². The van der Waals surface area contributed by atoms with Crippen molar-refractivity contribution in [2.45, 2.75) is 26.0 Å². The number of esters is 1. The van der Waals surface area contributed by atoms with Crippen LogP contribution >= 0.6 is 0 Å². The van der Waals surface area contributed by atoms with Gasteiger partial charge in [0.1, 0.15) is 0 Å². The predicted octanol–water partition coefficient (Wildman–Crippen LogP) is 0.869. The molecule has 0 bridgehead atoms. The highest BCUT2D eigenvalue weighted by Crippen LogP contribution is 2.00. The minimum atomic E-state index is -1.15. The van der Waals surface area contributed by atoms with Crippen LogP contribution in [0.1, 0.15) is 13.8 Å². The summed E-state index contributed by atoms with van der Waals surface area (Å²) in [4.78, 5) is 13.1. The van der Waals surface area contributed by atoms with Crippen LogP contribution in [0.15, 0.2) is 5.11 Å². The van der Waals surface area contributed by atoms with Crippen LogP contribution in [0, 0.1) is 47.9 Å². The van der Waals surface area contributed by atoms with E-state index in [9.17, 15) is 4.79 Å². The van der Waals surface area contributed by atoms with Gasteiger partial charge in [0.2, 0.25) is 0 Å². The highest BCUT2D eigenvalue weighted by molar-refractivity contribution is 5.76.